The Morgan fingerprint density at radius 3 is 2.70 bits per heavy atom. The molecule has 132 valence electrons. The fraction of sp³-hybridized carbons (Fsp3) is 0.850. The molecule has 2 aliphatic carbocycles. The first-order valence-electron chi connectivity index (χ1n) is 9.22. The van der Waals surface area contributed by atoms with Gasteiger partial charge in [0, 0.05) is 13.0 Å². The van der Waals surface area contributed by atoms with Crippen LogP contribution in [0.4, 0.5) is 0 Å². The summed E-state index contributed by atoms with van der Waals surface area (Å²) in [4.78, 5) is 10.9. The molecule has 0 aromatic carbocycles. The van der Waals surface area contributed by atoms with Crippen LogP contribution in [0.2, 0.25) is 0 Å². The van der Waals surface area contributed by atoms with Gasteiger partial charge in [0.25, 0.3) is 0 Å². The largest absolute Gasteiger partial charge is 0.481 e. The quantitative estimate of drug-likeness (QED) is 0.700. The summed E-state index contributed by atoms with van der Waals surface area (Å²) in [6, 6.07) is 0. The summed E-state index contributed by atoms with van der Waals surface area (Å²) < 4.78 is 0. The van der Waals surface area contributed by atoms with Crippen molar-refractivity contribution in [3.05, 3.63) is 11.6 Å². The van der Waals surface area contributed by atoms with Crippen molar-refractivity contribution < 1.29 is 15.0 Å². The molecule has 0 unspecified atom stereocenters. The van der Waals surface area contributed by atoms with Crippen LogP contribution in [-0.2, 0) is 4.79 Å². The summed E-state index contributed by atoms with van der Waals surface area (Å²) in [5.41, 5.74) is 1.76. The van der Waals surface area contributed by atoms with Crippen molar-refractivity contribution >= 4 is 5.97 Å². The first-order chi connectivity index (χ1) is 10.7. The smallest absolute Gasteiger partial charge is 0.303 e. The summed E-state index contributed by atoms with van der Waals surface area (Å²) in [7, 11) is 0. The van der Waals surface area contributed by atoms with Gasteiger partial charge in [0.15, 0.2) is 0 Å². The van der Waals surface area contributed by atoms with Crippen LogP contribution in [0, 0.1) is 28.6 Å². The van der Waals surface area contributed by atoms with E-state index >= 15 is 0 Å². The van der Waals surface area contributed by atoms with E-state index in [1.165, 1.54) is 18.4 Å². The number of fused-ring (bicyclic) bond motifs is 1. The van der Waals surface area contributed by atoms with E-state index in [2.05, 4.69) is 33.8 Å². The Hall–Kier alpha value is -0.830. The number of hydrogen-bond acceptors (Lipinski definition) is 2. The van der Waals surface area contributed by atoms with Crippen LogP contribution >= 0.6 is 0 Å². The lowest BCUT2D eigenvalue weighted by Crippen LogP contribution is -2.50. The second-order valence-electron chi connectivity index (χ2n) is 8.74. The molecule has 0 amide bonds. The third kappa shape index (κ3) is 3.65. The van der Waals surface area contributed by atoms with Crippen LogP contribution in [0.5, 0.6) is 0 Å². The minimum atomic E-state index is -0.692. The van der Waals surface area contributed by atoms with Gasteiger partial charge in [0.05, 0.1) is 0 Å². The van der Waals surface area contributed by atoms with Crippen molar-refractivity contribution in [1.29, 1.82) is 0 Å². The lowest BCUT2D eigenvalue weighted by Gasteiger charge is -2.57. The van der Waals surface area contributed by atoms with E-state index < -0.39 is 5.97 Å². The predicted octanol–water partition coefficient (Wildman–Crippen LogP) is 4.65. The molecule has 23 heavy (non-hydrogen) atoms. The summed E-state index contributed by atoms with van der Waals surface area (Å²) in [6.07, 6.45) is 9.34. The number of carbonyl (C=O) groups is 1. The molecule has 1 fully saturated rings. The van der Waals surface area contributed by atoms with Crippen molar-refractivity contribution in [2.45, 2.75) is 72.6 Å². The number of aliphatic hydroxyl groups is 1. The van der Waals surface area contributed by atoms with Gasteiger partial charge in [-0.05, 0) is 67.6 Å². The molecule has 2 rings (SSSR count). The van der Waals surface area contributed by atoms with Crippen molar-refractivity contribution in [2.75, 3.05) is 6.61 Å². The highest BCUT2D eigenvalue weighted by Crippen LogP contribution is 2.60. The minimum Gasteiger partial charge on any atom is -0.481 e. The van der Waals surface area contributed by atoms with Crippen LogP contribution in [0.1, 0.15) is 72.6 Å². The van der Waals surface area contributed by atoms with Gasteiger partial charge < -0.3 is 10.2 Å². The molecule has 0 radical (unpaired) electrons. The average molecular weight is 322 g/mol. The number of carboxylic acids is 1. The molecule has 0 aliphatic heterocycles. The van der Waals surface area contributed by atoms with Gasteiger partial charge in [0.2, 0.25) is 0 Å². The zero-order valence-electron chi connectivity index (χ0n) is 15.3. The fourth-order valence-electron chi connectivity index (χ4n) is 5.55. The van der Waals surface area contributed by atoms with Gasteiger partial charge >= 0.3 is 5.97 Å². The van der Waals surface area contributed by atoms with Crippen molar-refractivity contribution in [3.8, 4) is 0 Å². The number of rotatable bonds is 6. The van der Waals surface area contributed by atoms with Gasteiger partial charge in [-0.1, -0.05) is 38.8 Å². The zero-order valence-corrected chi connectivity index (χ0v) is 15.3. The Kier molecular flexibility index (Phi) is 5.60. The first-order valence-corrected chi connectivity index (χ1v) is 9.22. The van der Waals surface area contributed by atoms with Gasteiger partial charge in [-0.3, -0.25) is 4.79 Å². The van der Waals surface area contributed by atoms with E-state index in [0.29, 0.717) is 11.8 Å². The second kappa shape index (κ2) is 6.96. The van der Waals surface area contributed by atoms with Crippen molar-refractivity contribution in [1.82, 2.24) is 0 Å². The van der Waals surface area contributed by atoms with E-state index in [4.69, 9.17) is 5.11 Å². The van der Waals surface area contributed by atoms with E-state index in [9.17, 15) is 9.90 Å². The van der Waals surface area contributed by atoms with Crippen LogP contribution in [0.25, 0.3) is 0 Å². The first kappa shape index (κ1) is 18.5. The van der Waals surface area contributed by atoms with Gasteiger partial charge in [-0.15, -0.1) is 0 Å². The van der Waals surface area contributed by atoms with E-state index in [1.807, 2.05) is 0 Å². The average Bonchev–Trinajstić information content (AvgIpc) is 2.45. The van der Waals surface area contributed by atoms with Crippen molar-refractivity contribution in [2.24, 2.45) is 28.6 Å². The molecule has 0 spiro atoms. The Balaban J connectivity index is 2.16. The lowest BCUT2D eigenvalue weighted by molar-refractivity contribution is -0.138. The topological polar surface area (TPSA) is 57.5 Å². The number of aliphatic hydroxyl groups excluding tert-OH is 1. The maximum atomic E-state index is 10.9. The highest BCUT2D eigenvalue weighted by atomic mass is 16.4. The van der Waals surface area contributed by atoms with Gasteiger partial charge in [0.1, 0.15) is 0 Å². The molecular weight excluding hydrogens is 288 g/mol. The van der Waals surface area contributed by atoms with E-state index in [-0.39, 0.29) is 29.8 Å². The van der Waals surface area contributed by atoms with Crippen LogP contribution < -0.4 is 0 Å². The third-order valence-corrected chi connectivity index (χ3v) is 6.95. The van der Waals surface area contributed by atoms with Gasteiger partial charge in [-0.25, -0.2) is 0 Å². The maximum Gasteiger partial charge on any atom is 0.303 e. The third-order valence-electron chi connectivity index (χ3n) is 6.95. The molecule has 0 aromatic heterocycles. The standard InChI is InChI=1S/C20H34O3/c1-14(12-18(22)23)6-8-16-15(2)7-9-17-19(3,13-21)10-5-11-20(16,17)4/h7,14,16-17,21H,5-6,8-13H2,1-4H3,(H,22,23)/t14-,16+,17+,19+,20-/m1/s1. The molecule has 2 aliphatic rings. The van der Waals surface area contributed by atoms with E-state index in [0.717, 1.165) is 25.7 Å². The normalized spacial score (nSPS) is 38.6. The van der Waals surface area contributed by atoms with Crippen LogP contribution in [-0.4, -0.2) is 22.8 Å². The minimum absolute atomic E-state index is 0.0368. The van der Waals surface area contributed by atoms with Crippen LogP contribution in [0.3, 0.4) is 0 Å². The molecule has 3 nitrogen and oxygen atoms in total. The van der Waals surface area contributed by atoms with Crippen molar-refractivity contribution in [3.63, 3.8) is 0 Å². The summed E-state index contributed by atoms with van der Waals surface area (Å²) in [5, 5.41) is 19.0. The van der Waals surface area contributed by atoms with Gasteiger partial charge in [-0.2, -0.15) is 0 Å². The molecule has 0 heterocycles. The molecular formula is C20H34O3. The number of allylic oxidation sites excluding steroid dienone is 2. The second-order valence-corrected chi connectivity index (χ2v) is 8.74. The lowest BCUT2D eigenvalue weighted by atomic mass is 9.48. The molecule has 0 bridgehead atoms. The highest BCUT2D eigenvalue weighted by molar-refractivity contribution is 5.66. The Morgan fingerprint density at radius 2 is 2.09 bits per heavy atom. The molecule has 0 saturated heterocycles. The zero-order chi connectivity index (χ0) is 17.3. The predicted molar refractivity (Wildman–Crippen MR) is 93.2 cm³/mol. The summed E-state index contributed by atoms with van der Waals surface area (Å²) in [6.45, 7) is 9.26. The molecule has 0 aromatic rings. The summed E-state index contributed by atoms with van der Waals surface area (Å²) >= 11 is 0. The number of aliphatic carboxylic acids is 1. The van der Waals surface area contributed by atoms with Crippen LogP contribution in [0.15, 0.2) is 11.6 Å². The maximum absolute atomic E-state index is 10.9. The SMILES string of the molecule is CC1=CC[C@H]2[C@](C)(CO)CCC[C@]2(C)[C@H]1CC[C@@H](C)CC(=O)O. The van der Waals surface area contributed by atoms with E-state index in [1.54, 1.807) is 0 Å². The summed E-state index contributed by atoms with van der Waals surface area (Å²) in [5.74, 6) is 0.612. The Bertz CT molecular complexity index is 470. The highest BCUT2D eigenvalue weighted by Gasteiger charge is 2.53. The molecule has 3 heteroatoms. The monoisotopic (exact) mass is 322 g/mol. The molecule has 1 saturated carbocycles. The Morgan fingerprint density at radius 1 is 1.39 bits per heavy atom. The number of carboxylic acid groups (broad SMARTS) is 1. The fourth-order valence-corrected chi connectivity index (χ4v) is 5.55. The molecule has 2 N–H and O–H groups in total. The number of hydrogen-bond donors (Lipinski definition) is 2. The molecule has 5 atom stereocenters. The Labute approximate surface area is 141 Å².